The smallest absolute Gasteiger partial charge is 0.338 e. The molecule has 88 valence electrons. The maximum absolute atomic E-state index is 11.4. The normalized spacial score (nSPS) is 11.9. The first-order valence-corrected chi connectivity index (χ1v) is 5.26. The number of esters is 1. The Bertz CT molecular complexity index is 336. The molecule has 0 spiro atoms. The summed E-state index contributed by atoms with van der Waals surface area (Å²) in [6, 6.07) is 6.51. The van der Waals surface area contributed by atoms with E-state index in [1.165, 1.54) is 0 Å². The van der Waals surface area contributed by atoms with Gasteiger partial charge in [0.15, 0.2) is 0 Å². The number of aliphatic hydroxyl groups excluding tert-OH is 1. The maximum Gasteiger partial charge on any atom is 0.338 e. The maximum atomic E-state index is 11.4. The first-order valence-electron chi connectivity index (χ1n) is 4.72. The molecule has 0 radical (unpaired) electrons. The van der Waals surface area contributed by atoms with E-state index in [1.807, 2.05) is 0 Å². The van der Waals surface area contributed by atoms with Gasteiger partial charge in [-0.15, -0.1) is 11.6 Å². The van der Waals surface area contributed by atoms with Crippen molar-refractivity contribution in [3.8, 4) is 5.75 Å². The van der Waals surface area contributed by atoms with Crippen molar-refractivity contribution in [1.82, 2.24) is 0 Å². The fraction of sp³-hybridized carbons (Fsp3) is 0.364. The Morgan fingerprint density at radius 1 is 1.44 bits per heavy atom. The number of alkyl halides is 1. The highest BCUT2D eigenvalue weighted by atomic mass is 35.5. The molecule has 0 saturated carbocycles. The molecule has 1 N–H and O–H groups in total. The fourth-order valence-electron chi connectivity index (χ4n) is 1.03. The van der Waals surface area contributed by atoms with Crippen molar-refractivity contribution in [3.05, 3.63) is 29.8 Å². The third-order valence-electron chi connectivity index (χ3n) is 1.91. The molecule has 0 bridgehead atoms. The van der Waals surface area contributed by atoms with Crippen LogP contribution in [0.25, 0.3) is 0 Å². The minimum absolute atomic E-state index is 0.0376. The van der Waals surface area contributed by atoms with Gasteiger partial charge >= 0.3 is 5.97 Å². The molecule has 5 heteroatoms. The molecule has 0 fully saturated rings. The summed E-state index contributed by atoms with van der Waals surface area (Å²) in [6.07, 6.45) is -0.830. The SMILES string of the molecule is COc1ccc(C(=O)OC[C@H](O)CCl)cc1. The van der Waals surface area contributed by atoms with Crippen LogP contribution >= 0.6 is 11.6 Å². The van der Waals surface area contributed by atoms with Crippen molar-refractivity contribution in [2.24, 2.45) is 0 Å². The van der Waals surface area contributed by atoms with Gasteiger partial charge in [0.2, 0.25) is 0 Å². The molecule has 0 unspecified atom stereocenters. The largest absolute Gasteiger partial charge is 0.497 e. The average Bonchev–Trinajstić information content (AvgIpc) is 2.35. The number of methoxy groups -OCH3 is 1. The van der Waals surface area contributed by atoms with Crippen molar-refractivity contribution in [2.45, 2.75) is 6.10 Å². The molecular formula is C11H13ClO4. The van der Waals surface area contributed by atoms with Crippen LogP contribution in [0.15, 0.2) is 24.3 Å². The second kappa shape index (κ2) is 6.35. The van der Waals surface area contributed by atoms with Crippen LogP contribution in [-0.2, 0) is 4.74 Å². The number of halogens is 1. The second-order valence-corrected chi connectivity index (χ2v) is 3.44. The lowest BCUT2D eigenvalue weighted by atomic mass is 10.2. The van der Waals surface area contributed by atoms with Crippen molar-refractivity contribution in [3.63, 3.8) is 0 Å². The van der Waals surface area contributed by atoms with Crippen molar-refractivity contribution >= 4 is 17.6 Å². The van der Waals surface area contributed by atoms with Crippen LogP contribution in [0, 0.1) is 0 Å². The first kappa shape index (κ1) is 12.8. The van der Waals surface area contributed by atoms with E-state index in [2.05, 4.69) is 0 Å². The van der Waals surface area contributed by atoms with Crippen LogP contribution in [0.2, 0.25) is 0 Å². The minimum atomic E-state index is -0.830. The van der Waals surface area contributed by atoms with Crippen LogP contribution in [0.4, 0.5) is 0 Å². The second-order valence-electron chi connectivity index (χ2n) is 3.14. The Morgan fingerprint density at radius 2 is 2.06 bits per heavy atom. The van der Waals surface area contributed by atoms with Gasteiger partial charge in [0.1, 0.15) is 18.5 Å². The summed E-state index contributed by atoms with van der Waals surface area (Å²) in [6.45, 7) is -0.103. The number of hydrogen-bond donors (Lipinski definition) is 1. The quantitative estimate of drug-likeness (QED) is 0.629. The summed E-state index contributed by atoms with van der Waals surface area (Å²) in [4.78, 5) is 11.4. The zero-order valence-corrected chi connectivity index (χ0v) is 9.61. The number of carbonyl (C=O) groups is 1. The summed E-state index contributed by atoms with van der Waals surface area (Å²) in [5.41, 5.74) is 0.405. The Kier molecular flexibility index (Phi) is 5.08. The molecule has 0 heterocycles. The molecule has 1 atom stereocenters. The van der Waals surface area contributed by atoms with Crippen LogP contribution in [0.3, 0.4) is 0 Å². The average molecular weight is 245 g/mol. The lowest BCUT2D eigenvalue weighted by Gasteiger charge is -2.08. The highest BCUT2D eigenvalue weighted by Crippen LogP contribution is 2.12. The van der Waals surface area contributed by atoms with E-state index >= 15 is 0 Å². The van der Waals surface area contributed by atoms with Gasteiger partial charge < -0.3 is 14.6 Å². The predicted molar refractivity (Wildman–Crippen MR) is 60.0 cm³/mol. The third kappa shape index (κ3) is 3.72. The predicted octanol–water partition coefficient (Wildman–Crippen LogP) is 1.45. The van der Waals surface area contributed by atoms with Crippen LogP contribution in [0.1, 0.15) is 10.4 Å². The standard InChI is InChI=1S/C11H13ClO4/c1-15-10-4-2-8(3-5-10)11(14)16-7-9(13)6-12/h2-5,9,13H,6-7H2,1H3/t9-/m1/s1. The molecule has 0 aliphatic carbocycles. The third-order valence-corrected chi connectivity index (χ3v) is 2.27. The van der Waals surface area contributed by atoms with Gasteiger partial charge in [-0.1, -0.05) is 0 Å². The molecule has 0 saturated heterocycles. The van der Waals surface area contributed by atoms with E-state index < -0.39 is 12.1 Å². The number of hydrogen-bond acceptors (Lipinski definition) is 4. The van der Waals surface area contributed by atoms with Gasteiger partial charge in [-0.3, -0.25) is 0 Å². The molecule has 0 amide bonds. The number of ether oxygens (including phenoxy) is 2. The summed E-state index contributed by atoms with van der Waals surface area (Å²) < 4.78 is 9.80. The Hall–Kier alpha value is -1.26. The summed E-state index contributed by atoms with van der Waals surface area (Å²) in [5.74, 6) is 0.208. The number of aliphatic hydroxyl groups is 1. The number of carbonyl (C=O) groups excluding carboxylic acids is 1. The molecule has 0 aliphatic heterocycles. The van der Waals surface area contributed by atoms with Gasteiger partial charge in [-0.25, -0.2) is 4.79 Å². The van der Waals surface area contributed by atoms with Crippen molar-refractivity contribution in [1.29, 1.82) is 0 Å². The molecule has 1 rings (SSSR count). The van der Waals surface area contributed by atoms with Crippen LogP contribution in [-0.4, -0.2) is 36.8 Å². The van der Waals surface area contributed by atoms with Crippen molar-refractivity contribution < 1.29 is 19.4 Å². The number of benzene rings is 1. The van der Waals surface area contributed by atoms with E-state index in [0.29, 0.717) is 11.3 Å². The molecule has 1 aromatic carbocycles. The zero-order valence-electron chi connectivity index (χ0n) is 8.85. The highest BCUT2D eigenvalue weighted by molar-refractivity contribution is 6.18. The van der Waals surface area contributed by atoms with Gasteiger partial charge in [-0.05, 0) is 24.3 Å². The van der Waals surface area contributed by atoms with E-state index in [-0.39, 0.29) is 12.5 Å². The van der Waals surface area contributed by atoms with Gasteiger partial charge in [0, 0.05) is 0 Å². The van der Waals surface area contributed by atoms with Gasteiger partial charge in [0.05, 0.1) is 18.6 Å². The van der Waals surface area contributed by atoms with Gasteiger partial charge in [-0.2, -0.15) is 0 Å². The summed E-state index contributed by atoms with van der Waals surface area (Å²) in [5, 5.41) is 9.11. The topological polar surface area (TPSA) is 55.8 Å². The fourth-order valence-corrected chi connectivity index (χ4v) is 1.12. The van der Waals surface area contributed by atoms with E-state index in [0.717, 1.165) is 0 Å². The van der Waals surface area contributed by atoms with E-state index in [4.69, 9.17) is 26.2 Å². The van der Waals surface area contributed by atoms with Crippen molar-refractivity contribution in [2.75, 3.05) is 19.6 Å². The Labute approximate surface area is 98.7 Å². The van der Waals surface area contributed by atoms with E-state index in [9.17, 15) is 4.79 Å². The first-order chi connectivity index (χ1) is 7.67. The molecular weight excluding hydrogens is 232 g/mol. The van der Waals surface area contributed by atoms with Gasteiger partial charge in [0.25, 0.3) is 0 Å². The Morgan fingerprint density at radius 3 is 2.56 bits per heavy atom. The molecule has 1 aromatic rings. The number of rotatable bonds is 5. The molecule has 16 heavy (non-hydrogen) atoms. The monoisotopic (exact) mass is 244 g/mol. The lowest BCUT2D eigenvalue weighted by molar-refractivity contribution is 0.0303. The Balaban J connectivity index is 2.52. The molecule has 0 aromatic heterocycles. The highest BCUT2D eigenvalue weighted by Gasteiger charge is 2.10. The lowest BCUT2D eigenvalue weighted by Crippen LogP contribution is -2.19. The minimum Gasteiger partial charge on any atom is -0.497 e. The summed E-state index contributed by atoms with van der Waals surface area (Å²) in [7, 11) is 1.55. The van der Waals surface area contributed by atoms with Crippen LogP contribution in [0.5, 0.6) is 5.75 Å². The van der Waals surface area contributed by atoms with Crippen LogP contribution < -0.4 is 4.74 Å². The molecule has 4 nitrogen and oxygen atoms in total. The zero-order chi connectivity index (χ0) is 12.0. The van der Waals surface area contributed by atoms with E-state index in [1.54, 1.807) is 31.4 Å². The molecule has 0 aliphatic rings. The summed E-state index contributed by atoms with van der Waals surface area (Å²) >= 11 is 5.36.